The molecule has 2 atom stereocenters. The fraction of sp³-hybridized carbons (Fsp3) is 0.680. The molecule has 1 aliphatic carbocycles. The third kappa shape index (κ3) is 5.74. The molecule has 2 unspecified atom stereocenters. The van der Waals surface area contributed by atoms with E-state index in [9.17, 15) is 4.79 Å². The molecule has 1 amide bonds. The maximum absolute atomic E-state index is 12.2. The van der Waals surface area contributed by atoms with Crippen molar-refractivity contribution in [2.24, 2.45) is 10.9 Å². The van der Waals surface area contributed by atoms with Crippen molar-refractivity contribution in [1.29, 1.82) is 0 Å². The molecule has 3 fully saturated rings. The number of aliphatic imine (C=N–C) groups is 1. The Labute approximate surface area is 192 Å². The van der Waals surface area contributed by atoms with Crippen LogP contribution in [0.2, 0.25) is 0 Å². The summed E-state index contributed by atoms with van der Waals surface area (Å²) >= 11 is 0. The van der Waals surface area contributed by atoms with Gasteiger partial charge in [-0.15, -0.1) is 0 Å². The molecule has 2 saturated heterocycles. The monoisotopic (exact) mass is 441 g/mol. The summed E-state index contributed by atoms with van der Waals surface area (Å²) in [4.78, 5) is 23.7. The highest BCUT2D eigenvalue weighted by atomic mass is 16.5. The van der Waals surface area contributed by atoms with E-state index in [0.29, 0.717) is 5.92 Å². The summed E-state index contributed by atoms with van der Waals surface area (Å²) in [7, 11) is 5.26. The Hall–Kier alpha value is -2.28. The number of nitrogens with zero attached hydrogens (tertiary/aromatic N) is 4. The second-order valence-corrected chi connectivity index (χ2v) is 9.63. The van der Waals surface area contributed by atoms with E-state index in [0.717, 1.165) is 49.8 Å². The lowest BCUT2D eigenvalue weighted by Gasteiger charge is -2.48. The molecule has 7 heteroatoms. The fourth-order valence-electron chi connectivity index (χ4n) is 5.16. The van der Waals surface area contributed by atoms with Crippen LogP contribution in [0.15, 0.2) is 29.3 Å². The fourth-order valence-corrected chi connectivity index (χ4v) is 5.16. The summed E-state index contributed by atoms with van der Waals surface area (Å²) in [6, 6.07) is 9.79. The van der Waals surface area contributed by atoms with E-state index in [1.807, 2.05) is 12.1 Å². The van der Waals surface area contributed by atoms with Crippen molar-refractivity contribution in [3.63, 3.8) is 0 Å². The van der Waals surface area contributed by atoms with Gasteiger partial charge < -0.3 is 19.9 Å². The van der Waals surface area contributed by atoms with Crippen molar-refractivity contribution in [3.8, 4) is 5.75 Å². The third-order valence-electron chi connectivity index (χ3n) is 7.15. The lowest BCUT2D eigenvalue weighted by molar-refractivity contribution is -0.127. The van der Waals surface area contributed by atoms with Crippen LogP contribution in [-0.4, -0.2) is 92.6 Å². The molecule has 176 valence electrons. The van der Waals surface area contributed by atoms with Crippen LogP contribution >= 0.6 is 0 Å². The predicted molar refractivity (Wildman–Crippen MR) is 128 cm³/mol. The predicted octanol–water partition coefficient (Wildman–Crippen LogP) is 2.22. The van der Waals surface area contributed by atoms with Gasteiger partial charge in [0, 0.05) is 45.8 Å². The van der Waals surface area contributed by atoms with Crippen molar-refractivity contribution >= 4 is 11.9 Å². The summed E-state index contributed by atoms with van der Waals surface area (Å²) in [6.45, 7) is 4.31. The Morgan fingerprint density at radius 1 is 1.16 bits per heavy atom. The molecule has 1 aromatic rings. The Balaban J connectivity index is 1.38. The van der Waals surface area contributed by atoms with Gasteiger partial charge in [0.2, 0.25) is 5.91 Å². The Morgan fingerprint density at radius 3 is 2.62 bits per heavy atom. The number of fused-ring (bicyclic) bond motifs is 1. The average molecular weight is 442 g/mol. The second kappa shape index (κ2) is 10.6. The van der Waals surface area contributed by atoms with Crippen molar-refractivity contribution in [3.05, 3.63) is 29.8 Å². The van der Waals surface area contributed by atoms with Gasteiger partial charge in [0.1, 0.15) is 12.3 Å². The lowest BCUT2D eigenvalue weighted by Crippen LogP contribution is -2.57. The molecule has 2 aliphatic heterocycles. The Morgan fingerprint density at radius 2 is 1.94 bits per heavy atom. The van der Waals surface area contributed by atoms with Crippen molar-refractivity contribution < 1.29 is 9.53 Å². The van der Waals surface area contributed by atoms with Gasteiger partial charge in [-0.25, -0.2) is 4.99 Å². The number of ether oxygens (including phenoxy) is 1. The molecule has 7 nitrogen and oxygen atoms in total. The molecule has 1 aromatic carbocycles. The first-order valence-electron chi connectivity index (χ1n) is 12.2. The number of nitrogens with one attached hydrogen (secondary N) is 1. The number of guanidine groups is 1. The number of rotatable bonds is 7. The Bertz CT molecular complexity index is 790. The molecule has 4 rings (SSSR count). The molecular weight excluding hydrogens is 402 g/mol. The summed E-state index contributed by atoms with van der Waals surface area (Å²) < 4.78 is 5.25. The SMILES string of the molecule is COc1ccc(CCNC(=NCC(=O)N(C)C)N2CCC3C(CCCN3C3CC3)C2)cc1. The molecule has 1 saturated carbocycles. The van der Waals surface area contributed by atoms with Gasteiger partial charge >= 0.3 is 0 Å². The van der Waals surface area contributed by atoms with E-state index in [-0.39, 0.29) is 12.5 Å². The minimum atomic E-state index is 0.0342. The van der Waals surface area contributed by atoms with Crippen molar-refractivity contribution in [1.82, 2.24) is 20.0 Å². The third-order valence-corrected chi connectivity index (χ3v) is 7.15. The maximum Gasteiger partial charge on any atom is 0.243 e. The zero-order valence-corrected chi connectivity index (χ0v) is 19.9. The highest BCUT2D eigenvalue weighted by Gasteiger charge is 2.42. The minimum Gasteiger partial charge on any atom is -0.497 e. The van der Waals surface area contributed by atoms with Crippen LogP contribution in [0.4, 0.5) is 0 Å². The number of methoxy groups -OCH3 is 1. The van der Waals surface area contributed by atoms with Crippen LogP contribution in [0, 0.1) is 5.92 Å². The number of hydrogen-bond acceptors (Lipinski definition) is 4. The summed E-state index contributed by atoms with van der Waals surface area (Å²) in [5.41, 5.74) is 1.26. The highest BCUT2D eigenvalue weighted by Crippen LogP contribution is 2.38. The molecule has 0 bridgehead atoms. The second-order valence-electron chi connectivity index (χ2n) is 9.63. The van der Waals surface area contributed by atoms with Gasteiger partial charge in [-0.05, 0) is 68.7 Å². The van der Waals surface area contributed by atoms with E-state index in [1.54, 1.807) is 26.1 Å². The van der Waals surface area contributed by atoms with Crippen LogP contribution in [0.1, 0.15) is 37.7 Å². The van der Waals surface area contributed by atoms with Crippen LogP contribution in [0.3, 0.4) is 0 Å². The van der Waals surface area contributed by atoms with Gasteiger partial charge in [-0.2, -0.15) is 0 Å². The standard InChI is InChI=1S/C25H39N5O2/c1-28(2)24(31)17-27-25(26-14-12-19-6-10-22(32-3)11-7-19)29-16-13-23-20(18-29)5-4-15-30(23)21-8-9-21/h6-7,10-11,20-21,23H,4-5,8-9,12-18H2,1-3H3,(H,26,27). The lowest BCUT2D eigenvalue weighted by atomic mass is 9.83. The topological polar surface area (TPSA) is 60.4 Å². The molecule has 32 heavy (non-hydrogen) atoms. The van der Waals surface area contributed by atoms with Gasteiger partial charge in [0.25, 0.3) is 0 Å². The van der Waals surface area contributed by atoms with Crippen molar-refractivity contribution in [2.45, 2.75) is 50.6 Å². The highest BCUT2D eigenvalue weighted by molar-refractivity contribution is 5.85. The summed E-state index contributed by atoms with van der Waals surface area (Å²) in [5, 5.41) is 3.56. The van der Waals surface area contributed by atoms with Crippen molar-refractivity contribution in [2.75, 3.05) is 53.9 Å². The smallest absolute Gasteiger partial charge is 0.243 e. The van der Waals surface area contributed by atoms with Crippen LogP contribution in [0.5, 0.6) is 5.75 Å². The largest absolute Gasteiger partial charge is 0.497 e. The van der Waals surface area contributed by atoms with E-state index in [2.05, 4.69) is 27.2 Å². The molecule has 0 spiro atoms. The van der Waals surface area contributed by atoms with Gasteiger partial charge in [0.15, 0.2) is 5.96 Å². The molecular formula is C25H39N5O2. The molecule has 2 heterocycles. The minimum absolute atomic E-state index is 0.0342. The van der Waals surface area contributed by atoms with E-state index >= 15 is 0 Å². The molecule has 0 radical (unpaired) electrons. The van der Waals surface area contributed by atoms with E-state index in [1.165, 1.54) is 44.2 Å². The number of amides is 1. The molecule has 3 aliphatic rings. The number of carbonyl (C=O) groups is 1. The number of piperidine rings is 2. The molecule has 1 N–H and O–H groups in total. The zero-order valence-electron chi connectivity index (χ0n) is 19.9. The first-order chi connectivity index (χ1) is 15.5. The number of hydrogen-bond donors (Lipinski definition) is 1. The summed E-state index contributed by atoms with van der Waals surface area (Å²) in [5.74, 6) is 2.50. The molecule has 0 aromatic heterocycles. The van der Waals surface area contributed by atoms with Gasteiger partial charge in [0.05, 0.1) is 7.11 Å². The first kappa shape index (κ1) is 22.9. The van der Waals surface area contributed by atoms with Crippen LogP contribution in [0.25, 0.3) is 0 Å². The van der Waals surface area contributed by atoms with Crippen LogP contribution in [-0.2, 0) is 11.2 Å². The van der Waals surface area contributed by atoms with E-state index in [4.69, 9.17) is 9.73 Å². The van der Waals surface area contributed by atoms with E-state index < -0.39 is 0 Å². The van der Waals surface area contributed by atoms with Gasteiger partial charge in [-0.3, -0.25) is 9.69 Å². The Kier molecular flexibility index (Phi) is 7.55. The quantitative estimate of drug-likeness (QED) is 0.519. The first-order valence-corrected chi connectivity index (χ1v) is 12.2. The zero-order chi connectivity index (χ0) is 22.5. The number of carbonyl (C=O) groups excluding carboxylic acids is 1. The normalized spacial score (nSPS) is 24.1. The maximum atomic E-state index is 12.2. The average Bonchev–Trinajstić information content (AvgIpc) is 3.66. The van der Waals surface area contributed by atoms with Crippen LogP contribution < -0.4 is 10.1 Å². The number of likely N-dealkylation sites (N-methyl/N-ethyl adjacent to an activating group) is 1. The van der Waals surface area contributed by atoms with Gasteiger partial charge in [-0.1, -0.05) is 12.1 Å². The number of benzene rings is 1. The number of likely N-dealkylation sites (tertiary alicyclic amines) is 2. The summed E-state index contributed by atoms with van der Waals surface area (Å²) in [6.07, 6.45) is 7.49.